The number of hydrogen-bond donors (Lipinski definition) is 0. The summed E-state index contributed by atoms with van der Waals surface area (Å²) in [4.78, 5) is 0. The number of allylic oxidation sites excluding steroid dienone is 4. The molecule has 0 heterocycles. The normalized spacial score (nSPS) is 16.8. The molecule has 3 aromatic carbocycles. The van der Waals surface area contributed by atoms with E-state index in [4.69, 9.17) is 0 Å². The van der Waals surface area contributed by atoms with E-state index in [1.54, 1.807) is 5.20 Å². The molecule has 0 spiro atoms. The van der Waals surface area contributed by atoms with Crippen molar-refractivity contribution in [3.8, 4) is 0 Å². The lowest BCUT2D eigenvalue weighted by molar-refractivity contribution is 0.834. The summed E-state index contributed by atoms with van der Waals surface area (Å²) in [6, 6.07) is 30.4. The number of benzene rings is 3. The van der Waals surface area contributed by atoms with Crippen molar-refractivity contribution >= 4 is 23.6 Å². The Kier molecular flexibility index (Phi) is 6.87. The van der Waals surface area contributed by atoms with Crippen LogP contribution in [0.2, 0.25) is 0 Å². The van der Waals surface area contributed by atoms with E-state index in [1.165, 1.54) is 43.4 Å². The second-order valence-corrected chi connectivity index (χ2v) is 14.5. The summed E-state index contributed by atoms with van der Waals surface area (Å²) in [5, 5.41) is 6.17. The van der Waals surface area contributed by atoms with Crippen molar-refractivity contribution in [1.82, 2.24) is 0 Å². The van der Waals surface area contributed by atoms with Crippen LogP contribution >= 0.6 is 0 Å². The van der Waals surface area contributed by atoms with Gasteiger partial charge in [0.25, 0.3) is 0 Å². The highest BCUT2D eigenvalue weighted by atomic mass is 28.3. The van der Waals surface area contributed by atoms with Crippen LogP contribution in [0, 0.1) is 5.92 Å². The predicted molar refractivity (Wildman–Crippen MR) is 152 cm³/mol. The van der Waals surface area contributed by atoms with Crippen molar-refractivity contribution in [3.63, 3.8) is 0 Å². The Bertz CT molecular complexity index is 1160. The summed E-state index contributed by atoms with van der Waals surface area (Å²) in [6.07, 6.45) is 0. The predicted octanol–water partition coefficient (Wildman–Crippen LogP) is 7.25. The van der Waals surface area contributed by atoms with Gasteiger partial charge in [-0.2, -0.15) is 0 Å². The first kappa shape index (κ1) is 24.5. The lowest BCUT2D eigenvalue weighted by Gasteiger charge is -2.39. The van der Waals surface area contributed by atoms with Gasteiger partial charge in [0, 0.05) is 0 Å². The first-order valence-corrected chi connectivity index (χ1v) is 14.8. The van der Waals surface area contributed by atoms with Crippen LogP contribution in [0.4, 0.5) is 0 Å². The molecule has 34 heavy (non-hydrogen) atoms. The van der Waals surface area contributed by atoms with E-state index in [1.807, 2.05) is 0 Å². The number of rotatable bonds is 6. The van der Waals surface area contributed by atoms with Gasteiger partial charge in [-0.1, -0.05) is 130 Å². The van der Waals surface area contributed by atoms with E-state index in [0.717, 1.165) is 0 Å². The molecule has 0 saturated heterocycles. The Morgan fingerprint density at radius 2 is 1.03 bits per heavy atom. The van der Waals surface area contributed by atoms with Gasteiger partial charge in [0.05, 0.1) is 0 Å². The zero-order valence-electron chi connectivity index (χ0n) is 22.2. The van der Waals surface area contributed by atoms with Crippen molar-refractivity contribution in [2.24, 2.45) is 5.92 Å². The third-order valence-electron chi connectivity index (χ3n) is 8.20. The fourth-order valence-electron chi connectivity index (χ4n) is 5.87. The Balaban J connectivity index is 2.21. The van der Waals surface area contributed by atoms with Gasteiger partial charge in [-0.15, -0.1) is 0 Å². The average molecular weight is 465 g/mol. The van der Waals surface area contributed by atoms with Gasteiger partial charge >= 0.3 is 0 Å². The van der Waals surface area contributed by atoms with Crippen LogP contribution in [-0.4, -0.2) is 8.07 Å². The SMILES string of the molecule is CC1=C(C)C(C)C([Si](c2ccccc2)(c2ccccc2)c2cc(C(C)C)cc(C(C)C)c2)=C1C. The van der Waals surface area contributed by atoms with Crippen molar-refractivity contribution < 1.29 is 0 Å². The Morgan fingerprint density at radius 3 is 1.38 bits per heavy atom. The van der Waals surface area contributed by atoms with Crippen molar-refractivity contribution in [2.45, 2.75) is 67.2 Å². The molecule has 1 heteroatoms. The Morgan fingerprint density at radius 1 is 0.588 bits per heavy atom. The lowest BCUT2D eigenvalue weighted by atomic mass is 9.96. The van der Waals surface area contributed by atoms with Gasteiger partial charge in [0.1, 0.15) is 0 Å². The quantitative estimate of drug-likeness (QED) is 0.266. The van der Waals surface area contributed by atoms with Crippen molar-refractivity contribution in [3.05, 3.63) is 112 Å². The summed E-state index contributed by atoms with van der Waals surface area (Å²) in [7, 11) is -2.52. The average Bonchev–Trinajstić information content (AvgIpc) is 3.04. The fourth-order valence-corrected chi connectivity index (χ4v) is 11.6. The van der Waals surface area contributed by atoms with Gasteiger partial charge in [-0.25, -0.2) is 0 Å². The van der Waals surface area contributed by atoms with Crippen LogP contribution < -0.4 is 15.6 Å². The van der Waals surface area contributed by atoms with Crippen LogP contribution in [0.15, 0.2) is 101 Å². The van der Waals surface area contributed by atoms with Gasteiger partial charge in [-0.05, 0) is 70.8 Å². The highest BCUT2D eigenvalue weighted by Crippen LogP contribution is 2.41. The van der Waals surface area contributed by atoms with Crippen LogP contribution in [0.3, 0.4) is 0 Å². The van der Waals surface area contributed by atoms with E-state index in [2.05, 4.69) is 134 Å². The third-order valence-corrected chi connectivity index (χ3v) is 13.4. The Labute approximate surface area is 208 Å². The van der Waals surface area contributed by atoms with E-state index in [9.17, 15) is 0 Å². The molecule has 3 aromatic rings. The monoisotopic (exact) mass is 464 g/mol. The second kappa shape index (κ2) is 9.54. The molecular formula is C33H40Si. The summed E-state index contributed by atoms with van der Waals surface area (Å²) in [5.74, 6) is 1.43. The molecule has 1 atom stereocenters. The summed E-state index contributed by atoms with van der Waals surface area (Å²) in [6.45, 7) is 18.8. The topological polar surface area (TPSA) is 0 Å². The summed E-state index contributed by atoms with van der Waals surface area (Å²) in [5.41, 5.74) is 7.42. The van der Waals surface area contributed by atoms with Gasteiger partial charge in [0.2, 0.25) is 0 Å². The first-order chi connectivity index (χ1) is 16.2. The van der Waals surface area contributed by atoms with Gasteiger partial charge in [-0.3, -0.25) is 0 Å². The minimum absolute atomic E-state index is 0.442. The van der Waals surface area contributed by atoms with E-state index < -0.39 is 8.07 Å². The summed E-state index contributed by atoms with van der Waals surface area (Å²) >= 11 is 0. The standard InChI is InChI=1S/C33H40Si/c1-22(2)28-19-29(23(3)4)21-32(20-28)34(30-15-11-9-12-16-30,31-17-13-10-14-18-31)33-26(7)24(5)25(6)27(33)8/h9-23,26H,1-8H3. The lowest BCUT2D eigenvalue weighted by Crippen LogP contribution is -2.69. The minimum atomic E-state index is -2.52. The van der Waals surface area contributed by atoms with Gasteiger partial charge < -0.3 is 0 Å². The molecule has 1 aliphatic rings. The molecule has 0 N–H and O–H groups in total. The molecule has 0 amide bonds. The molecule has 0 aliphatic heterocycles. The molecule has 1 unspecified atom stereocenters. The third kappa shape index (κ3) is 3.94. The van der Waals surface area contributed by atoms with Crippen LogP contribution in [0.25, 0.3) is 0 Å². The zero-order chi connectivity index (χ0) is 24.6. The molecule has 0 aromatic heterocycles. The van der Waals surface area contributed by atoms with Crippen LogP contribution in [0.5, 0.6) is 0 Å². The van der Waals surface area contributed by atoms with Crippen molar-refractivity contribution in [1.29, 1.82) is 0 Å². The fraction of sp³-hybridized carbons (Fsp3) is 0.333. The number of hydrogen-bond acceptors (Lipinski definition) is 0. The molecule has 0 fully saturated rings. The smallest absolute Gasteiger partial charge is 0.0636 e. The maximum Gasteiger partial charge on any atom is 0.176 e. The van der Waals surface area contributed by atoms with Crippen LogP contribution in [-0.2, 0) is 0 Å². The molecular weight excluding hydrogens is 424 g/mol. The molecule has 176 valence electrons. The maximum atomic E-state index is 2.55. The molecule has 0 saturated carbocycles. The molecule has 0 radical (unpaired) electrons. The van der Waals surface area contributed by atoms with E-state index in [0.29, 0.717) is 17.8 Å². The van der Waals surface area contributed by atoms with Gasteiger partial charge in [0.15, 0.2) is 8.07 Å². The molecule has 0 bridgehead atoms. The molecule has 1 aliphatic carbocycles. The van der Waals surface area contributed by atoms with E-state index in [-0.39, 0.29) is 0 Å². The highest BCUT2D eigenvalue weighted by Gasteiger charge is 2.48. The van der Waals surface area contributed by atoms with E-state index >= 15 is 0 Å². The minimum Gasteiger partial charge on any atom is -0.0636 e. The summed E-state index contributed by atoms with van der Waals surface area (Å²) < 4.78 is 0. The van der Waals surface area contributed by atoms with Crippen LogP contribution in [0.1, 0.15) is 78.4 Å². The first-order valence-electron chi connectivity index (χ1n) is 12.8. The highest BCUT2D eigenvalue weighted by molar-refractivity contribution is 7.16. The Hall–Kier alpha value is -2.64. The molecule has 0 nitrogen and oxygen atoms in total. The second-order valence-electron chi connectivity index (χ2n) is 10.7. The zero-order valence-corrected chi connectivity index (χ0v) is 23.2. The largest absolute Gasteiger partial charge is 0.176 e. The van der Waals surface area contributed by atoms with Crippen molar-refractivity contribution in [2.75, 3.05) is 0 Å². The maximum absolute atomic E-state index is 2.55. The molecule has 4 rings (SSSR count).